The summed E-state index contributed by atoms with van der Waals surface area (Å²) in [6.07, 6.45) is 7.24. The van der Waals surface area contributed by atoms with E-state index >= 15 is 0 Å². The predicted molar refractivity (Wildman–Crippen MR) is 87.2 cm³/mol. The Balaban J connectivity index is 1.64. The second-order valence-corrected chi connectivity index (χ2v) is 6.26. The molecular weight excluding hydrogens is 286 g/mol. The zero-order valence-electron chi connectivity index (χ0n) is 12.7. The Hall–Kier alpha value is -1.07. The standard InChI is InChI=1S/C15H24ClN5/c1-2-17-15-18-11-13(16)14(19-15)21-9-7-20(8-10-21)12-5-3-4-6-12/h11-12H,2-10H2,1H3,(H,17,18,19). The third kappa shape index (κ3) is 3.40. The molecule has 1 aliphatic carbocycles. The van der Waals surface area contributed by atoms with E-state index in [0.717, 1.165) is 44.6 Å². The van der Waals surface area contributed by atoms with Crippen molar-refractivity contribution in [2.45, 2.75) is 38.6 Å². The maximum atomic E-state index is 6.29. The van der Waals surface area contributed by atoms with Gasteiger partial charge in [-0.2, -0.15) is 4.98 Å². The van der Waals surface area contributed by atoms with Crippen LogP contribution in [0.15, 0.2) is 6.20 Å². The molecule has 1 saturated heterocycles. The van der Waals surface area contributed by atoms with Crippen molar-refractivity contribution >= 4 is 23.4 Å². The molecule has 2 aliphatic rings. The van der Waals surface area contributed by atoms with E-state index < -0.39 is 0 Å². The van der Waals surface area contributed by atoms with Gasteiger partial charge in [-0.15, -0.1) is 0 Å². The van der Waals surface area contributed by atoms with Crippen molar-refractivity contribution in [2.75, 3.05) is 42.9 Å². The lowest BCUT2D eigenvalue weighted by atomic mass is 10.2. The van der Waals surface area contributed by atoms with Crippen molar-refractivity contribution in [3.63, 3.8) is 0 Å². The van der Waals surface area contributed by atoms with Crippen molar-refractivity contribution in [1.82, 2.24) is 14.9 Å². The van der Waals surface area contributed by atoms with Gasteiger partial charge in [0.1, 0.15) is 5.02 Å². The zero-order valence-corrected chi connectivity index (χ0v) is 13.4. The number of piperazine rings is 1. The number of hydrogen-bond donors (Lipinski definition) is 1. The third-order valence-corrected chi connectivity index (χ3v) is 4.78. The monoisotopic (exact) mass is 309 g/mol. The molecule has 0 atom stereocenters. The molecule has 5 nitrogen and oxygen atoms in total. The highest BCUT2D eigenvalue weighted by Crippen LogP contribution is 2.28. The van der Waals surface area contributed by atoms with Crippen molar-refractivity contribution in [2.24, 2.45) is 0 Å². The van der Waals surface area contributed by atoms with Crippen LogP contribution < -0.4 is 10.2 Å². The molecule has 2 fully saturated rings. The predicted octanol–water partition coefficient (Wildman–Crippen LogP) is 2.63. The zero-order chi connectivity index (χ0) is 14.7. The van der Waals surface area contributed by atoms with Gasteiger partial charge in [0, 0.05) is 38.8 Å². The lowest BCUT2D eigenvalue weighted by molar-refractivity contribution is 0.187. The Morgan fingerprint density at radius 1 is 1.24 bits per heavy atom. The number of halogens is 1. The Kier molecular flexibility index (Phi) is 4.80. The molecule has 0 bridgehead atoms. The topological polar surface area (TPSA) is 44.3 Å². The molecular formula is C15H24ClN5. The first-order valence-corrected chi connectivity index (χ1v) is 8.41. The Bertz CT molecular complexity index is 467. The van der Waals surface area contributed by atoms with Crippen LogP contribution >= 0.6 is 11.6 Å². The summed E-state index contributed by atoms with van der Waals surface area (Å²) in [4.78, 5) is 13.7. The number of rotatable bonds is 4. The first-order chi connectivity index (χ1) is 10.3. The Morgan fingerprint density at radius 2 is 1.95 bits per heavy atom. The molecule has 0 unspecified atom stereocenters. The van der Waals surface area contributed by atoms with Gasteiger partial charge in [-0.3, -0.25) is 4.90 Å². The molecule has 21 heavy (non-hydrogen) atoms. The van der Waals surface area contributed by atoms with E-state index in [9.17, 15) is 0 Å². The second kappa shape index (κ2) is 6.79. The van der Waals surface area contributed by atoms with E-state index in [0.29, 0.717) is 11.0 Å². The van der Waals surface area contributed by atoms with Crippen molar-refractivity contribution < 1.29 is 0 Å². The van der Waals surface area contributed by atoms with Crippen molar-refractivity contribution in [1.29, 1.82) is 0 Å². The average molecular weight is 310 g/mol. The summed E-state index contributed by atoms with van der Waals surface area (Å²) >= 11 is 6.29. The average Bonchev–Trinajstić information content (AvgIpc) is 3.04. The van der Waals surface area contributed by atoms with Crippen LogP contribution in [0.2, 0.25) is 5.02 Å². The van der Waals surface area contributed by atoms with E-state index in [4.69, 9.17) is 11.6 Å². The minimum atomic E-state index is 0.644. The molecule has 1 saturated carbocycles. The van der Waals surface area contributed by atoms with E-state index in [1.165, 1.54) is 25.7 Å². The minimum absolute atomic E-state index is 0.644. The molecule has 116 valence electrons. The van der Waals surface area contributed by atoms with Crippen LogP contribution in [0.3, 0.4) is 0 Å². The van der Waals surface area contributed by atoms with Gasteiger partial charge in [0.05, 0.1) is 6.20 Å². The lowest BCUT2D eigenvalue weighted by Crippen LogP contribution is -2.50. The molecule has 1 N–H and O–H groups in total. The molecule has 1 aliphatic heterocycles. The van der Waals surface area contributed by atoms with E-state index in [1.54, 1.807) is 6.20 Å². The fourth-order valence-electron chi connectivity index (χ4n) is 3.39. The highest BCUT2D eigenvalue weighted by atomic mass is 35.5. The van der Waals surface area contributed by atoms with Crippen molar-refractivity contribution in [3.05, 3.63) is 11.2 Å². The maximum absolute atomic E-state index is 6.29. The summed E-state index contributed by atoms with van der Waals surface area (Å²) in [7, 11) is 0. The van der Waals surface area contributed by atoms with Crippen LogP contribution in [-0.4, -0.2) is 53.6 Å². The smallest absolute Gasteiger partial charge is 0.224 e. The van der Waals surface area contributed by atoms with Gasteiger partial charge in [-0.25, -0.2) is 4.98 Å². The van der Waals surface area contributed by atoms with Gasteiger partial charge in [0.15, 0.2) is 5.82 Å². The van der Waals surface area contributed by atoms with E-state index in [2.05, 4.69) is 25.1 Å². The summed E-state index contributed by atoms with van der Waals surface area (Å²) in [5.74, 6) is 1.53. The minimum Gasteiger partial charge on any atom is -0.354 e. The number of aromatic nitrogens is 2. The normalized spacial score (nSPS) is 21.0. The largest absolute Gasteiger partial charge is 0.354 e. The van der Waals surface area contributed by atoms with E-state index in [1.807, 2.05) is 6.92 Å². The van der Waals surface area contributed by atoms with Crippen molar-refractivity contribution in [3.8, 4) is 0 Å². The molecule has 0 aromatic carbocycles. The van der Waals surface area contributed by atoms with Gasteiger partial charge >= 0.3 is 0 Å². The first kappa shape index (κ1) is 14.9. The third-order valence-electron chi connectivity index (χ3n) is 4.52. The summed E-state index contributed by atoms with van der Waals surface area (Å²) < 4.78 is 0. The summed E-state index contributed by atoms with van der Waals surface area (Å²) in [6.45, 7) is 7.08. The fourth-order valence-corrected chi connectivity index (χ4v) is 3.60. The first-order valence-electron chi connectivity index (χ1n) is 8.03. The van der Waals surface area contributed by atoms with Gasteiger partial charge < -0.3 is 10.2 Å². The fraction of sp³-hybridized carbons (Fsp3) is 0.733. The summed E-state index contributed by atoms with van der Waals surface area (Å²) in [5.41, 5.74) is 0. The molecule has 0 radical (unpaired) electrons. The highest BCUT2D eigenvalue weighted by Gasteiger charge is 2.27. The molecule has 0 spiro atoms. The second-order valence-electron chi connectivity index (χ2n) is 5.86. The molecule has 0 amide bonds. The Labute approximate surface area is 131 Å². The molecule has 6 heteroatoms. The highest BCUT2D eigenvalue weighted by molar-refractivity contribution is 6.32. The molecule has 2 heterocycles. The Morgan fingerprint density at radius 3 is 2.62 bits per heavy atom. The molecule has 1 aromatic rings. The maximum Gasteiger partial charge on any atom is 0.224 e. The van der Waals surface area contributed by atoms with Gasteiger partial charge in [-0.1, -0.05) is 24.4 Å². The molecule has 1 aromatic heterocycles. The van der Waals surface area contributed by atoms with Crippen LogP contribution in [-0.2, 0) is 0 Å². The summed E-state index contributed by atoms with van der Waals surface area (Å²) in [6, 6.07) is 0.811. The SMILES string of the molecule is CCNc1ncc(Cl)c(N2CCN(C3CCCC3)CC2)n1. The molecule has 3 rings (SSSR count). The number of anilines is 2. The quantitative estimate of drug-likeness (QED) is 0.926. The van der Waals surface area contributed by atoms with Crippen LogP contribution in [0, 0.1) is 0 Å². The van der Waals surface area contributed by atoms with Crippen LogP contribution in [0.5, 0.6) is 0 Å². The number of nitrogens with zero attached hydrogens (tertiary/aromatic N) is 4. The van der Waals surface area contributed by atoms with E-state index in [-0.39, 0.29) is 0 Å². The van der Waals surface area contributed by atoms with Crippen LogP contribution in [0.1, 0.15) is 32.6 Å². The number of nitrogens with one attached hydrogen (secondary N) is 1. The van der Waals surface area contributed by atoms with Gasteiger partial charge in [0.2, 0.25) is 5.95 Å². The number of hydrogen-bond acceptors (Lipinski definition) is 5. The van der Waals surface area contributed by atoms with Crippen LogP contribution in [0.25, 0.3) is 0 Å². The summed E-state index contributed by atoms with van der Waals surface area (Å²) in [5, 5.41) is 3.79. The van der Waals surface area contributed by atoms with Gasteiger partial charge in [-0.05, 0) is 19.8 Å². The van der Waals surface area contributed by atoms with Crippen LogP contribution in [0.4, 0.5) is 11.8 Å². The van der Waals surface area contributed by atoms with Gasteiger partial charge in [0.25, 0.3) is 0 Å². The lowest BCUT2D eigenvalue weighted by Gasteiger charge is -2.38.